The summed E-state index contributed by atoms with van der Waals surface area (Å²) < 4.78 is 35.6. The van der Waals surface area contributed by atoms with Crippen molar-refractivity contribution in [3.63, 3.8) is 0 Å². The van der Waals surface area contributed by atoms with Crippen LogP contribution in [0.3, 0.4) is 0 Å². The molecular formula is C25H31NO5S. The highest BCUT2D eigenvalue weighted by Crippen LogP contribution is 2.39. The van der Waals surface area contributed by atoms with Crippen LogP contribution in [0, 0.1) is 0 Å². The summed E-state index contributed by atoms with van der Waals surface area (Å²) in [6.07, 6.45) is 3.04. The van der Waals surface area contributed by atoms with Gasteiger partial charge in [-0.05, 0) is 74.4 Å². The summed E-state index contributed by atoms with van der Waals surface area (Å²) in [5.74, 6) is 0.675. The van der Waals surface area contributed by atoms with Crippen LogP contribution in [0.15, 0.2) is 41.3 Å². The predicted octanol–water partition coefficient (Wildman–Crippen LogP) is 4.49. The Morgan fingerprint density at radius 1 is 1.12 bits per heavy atom. The fourth-order valence-corrected chi connectivity index (χ4v) is 5.23. The molecule has 1 unspecified atom stereocenters. The van der Waals surface area contributed by atoms with Crippen molar-refractivity contribution in [3.05, 3.63) is 58.7 Å². The molecule has 0 radical (unpaired) electrons. The van der Waals surface area contributed by atoms with Crippen molar-refractivity contribution in [1.82, 2.24) is 4.90 Å². The number of carbonyl (C=O) groups is 1. The van der Waals surface area contributed by atoms with E-state index in [2.05, 4.69) is 18.2 Å². The molecule has 0 aromatic heterocycles. The summed E-state index contributed by atoms with van der Waals surface area (Å²) in [6.45, 7) is 7.86. The van der Waals surface area contributed by atoms with Gasteiger partial charge in [0.2, 0.25) is 0 Å². The van der Waals surface area contributed by atoms with Crippen LogP contribution in [0.4, 0.5) is 0 Å². The summed E-state index contributed by atoms with van der Waals surface area (Å²) in [4.78, 5) is 15.5. The minimum Gasteiger partial charge on any atom is -0.490 e. The van der Waals surface area contributed by atoms with Gasteiger partial charge in [-0.2, -0.15) is 0 Å². The van der Waals surface area contributed by atoms with Crippen LogP contribution in [-0.4, -0.2) is 44.8 Å². The van der Waals surface area contributed by atoms with Gasteiger partial charge in [0.25, 0.3) is 5.91 Å². The van der Waals surface area contributed by atoms with E-state index in [1.165, 1.54) is 17.7 Å². The second-order valence-corrected chi connectivity index (χ2v) is 11.1. The molecule has 1 fully saturated rings. The first kappa shape index (κ1) is 22.8. The Labute approximate surface area is 190 Å². The lowest BCUT2D eigenvalue weighted by atomic mass is 9.89. The fourth-order valence-electron chi connectivity index (χ4n) is 4.59. The Morgan fingerprint density at radius 2 is 1.84 bits per heavy atom. The molecule has 4 rings (SSSR count). The van der Waals surface area contributed by atoms with Crippen LogP contribution in [0.25, 0.3) is 0 Å². The molecule has 2 aliphatic rings. The van der Waals surface area contributed by atoms with Crippen LogP contribution in [0.5, 0.6) is 5.75 Å². The van der Waals surface area contributed by atoms with Crippen molar-refractivity contribution < 1.29 is 22.7 Å². The zero-order valence-electron chi connectivity index (χ0n) is 19.1. The maximum atomic E-state index is 13.6. The highest BCUT2D eigenvalue weighted by molar-refractivity contribution is 7.90. The normalized spacial score (nSPS) is 19.3. The Balaban J connectivity index is 1.65. The molecule has 1 amide bonds. The number of fused-ring (bicyclic) bond motifs is 1. The number of carbonyl (C=O) groups excluding carboxylic acids is 1. The van der Waals surface area contributed by atoms with E-state index in [0.29, 0.717) is 18.2 Å². The number of sulfone groups is 1. The number of hydrogen-bond acceptors (Lipinski definition) is 5. The molecule has 2 aliphatic heterocycles. The van der Waals surface area contributed by atoms with Gasteiger partial charge in [-0.3, -0.25) is 4.79 Å². The molecule has 0 bridgehead atoms. The van der Waals surface area contributed by atoms with Crippen molar-refractivity contribution >= 4 is 15.7 Å². The average molecular weight is 458 g/mol. The van der Waals surface area contributed by atoms with Gasteiger partial charge in [0, 0.05) is 26.0 Å². The first-order chi connectivity index (χ1) is 15.1. The molecule has 0 saturated carbocycles. The van der Waals surface area contributed by atoms with Crippen molar-refractivity contribution in [2.45, 2.75) is 63.1 Å². The molecule has 1 atom stereocenters. The summed E-state index contributed by atoms with van der Waals surface area (Å²) in [5.41, 5.74) is 3.88. The molecule has 2 aromatic rings. The van der Waals surface area contributed by atoms with E-state index in [9.17, 15) is 13.2 Å². The molecular weight excluding hydrogens is 426 g/mol. The summed E-state index contributed by atoms with van der Waals surface area (Å²) in [5, 5.41) is 0. The average Bonchev–Trinajstić information content (AvgIpc) is 3.09. The molecule has 172 valence electrons. The van der Waals surface area contributed by atoms with E-state index in [-0.39, 0.29) is 28.5 Å². The summed E-state index contributed by atoms with van der Waals surface area (Å²) >= 11 is 0. The SMILES string of the molecule is CC(C)Oc1ccc(S(C)(=O)=O)cc1C(=O)N1Cc2ccc(C3CCOCC3)cc2C1C. The lowest BCUT2D eigenvalue weighted by Crippen LogP contribution is -2.29. The lowest BCUT2D eigenvalue weighted by Gasteiger charge is -2.25. The van der Waals surface area contributed by atoms with Crippen LogP contribution in [-0.2, 0) is 21.1 Å². The zero-order chi connectivity index (χ0) is 23.0. The van der Waals surface area contributed by atoms with Gasteiger partial charge < -0.3 is 14.4 Å². The minimum atomic E-state index is -3.45. The monoisotopic (exact) mass is 457 g/mol. The van der Waals surface area contributed by atoms with E-state index in [1.54, 1.807) is 11.0 Å². The molecule has 2 aromatic carbocycles. The Morgan fingerprint density at radius 3 is 2.50 bits per heavy atom. The standard InChI is InChI=1S/C25H31NO5S/c1-16(2)31-24-8-7-21(32(4,28)29)14-23(24)25(27)26-15-20-6-5-19(13-22(20)17(26)3)18-9-11-30-12-10-18/h5-8,13-14,16-18H,9-12,15H2,1-4H3. The third-order valence-corrected chi connectivity index (χ3v) is 7.46. The van der Waals surface area contributed by atoms with Gasteiger partial charge in [-0.1, -0.05) is 18.2 Å². The van der Waals surface area contributed by atoms with Gasteiger partial charge in [-0.25, -0.2) is 8.42 Å². The number of amides is 1. The molecule has 1 saturated heterocycles. The molecule has 7 heteroatoms. The number of benzene rings is 2. The lowest BCUT2D eigenvalue weighted by molar-refractivity contribution is 0.0698. The first-order valence-electron chi connectivity index (χ1n) is 11.2. The molecule has 0 aliphatic carbocycles. The van der Waals surface area contributed by atoms with Crippen LogP contribution in [0.1, 0.15) is 72.6 Å². The van der Waals surface area contributed by atoms with E-state index >= 15 is 0 Å². The van der Waals surface area contributed by atoms with E-state index < -0.39 is 9.84 Å². The number of ether oxygens (including phenoxy) is 2. The molecule has 6 nitrogen and oxygen atoms in total. The molecule has 2 heterocycles. The third-order valence-electron chi connectivity index (χ3n) is 6.35. The van der Waals surface area contributed by atoms with Crippen molar-refractivity contribution in [2.75, 3.05) is 19.5 Å². The first-order valence-corrected chi connectivity index (χ1v) is 13.1. The fraction of sp³-hybridized carbons (Fsp3) is 0.480. The van der Waals surface area contributed by atoms with Gasteiger partial charge in [0.1, 0.15) is 5.75 Å². The Hall–Kier alpha value is -2.38. The third kappa shape index (κ3) is 4.55. The predicted molar refractivity (Wildman–Crippen MR) is 123 cm³/mol. The Kier molecular flexibility index (Phi) is 6.32. The maximum absolute atomic E-state index is 13.6. The van der Waals surface area contributed by atoms with Gasteiger partial charge in [-0.15, -0.1) is 0 Å². The molecule has 32 heavy (non-hydrogen) atoms. The summed E-state index contributed by atoms with van der Waals surface area (Å²) in [6, 6.07) is 11.0. The molecule has 0 N–H and O–H groups in total. The van der Waals surface area contributed by atoms with Crippen molar-refractivity contribution in [2.24, 2.45) is 0 Å². The maximum Gasteiger partial charge on any atom is 0.258 e. The molecule has 0 spiro atoms. The van der Waals surface area contributed by atoms with E-state index in [0.717, 1.165) is 43.4 Å². The van der Waals surface area contributed by atoms with Crippen LogP contribution in [0.2, 0.25) is 0 Å². The number of nitrogens with zero attached hydrogens (tertiary/aromatic N) is 1. The minimum absolute atomic E-state index is 0.105. The quantitative estimate of drug-likeness (QED) is 0.662. The number of rotatable bonds is 5. The van der Waals surface area contributed by atoms with Gasteiger partial charge in [0.05, 0.1) is 22.6 Å². The second kappa shape index (κ2) is 8.87. The largest absolute Gasteiger partial charge is 0.490 e. The highest BCUT2D eigenvalue weighted by Gasteiger charge is 2.33. The van der Waals surface area contributed by atoms with Crippen molar-refractivity contribution in [1.29, 1.82) is 0 Å². The number of hydrogen-bond donors (Lipinski definition) is 0. The van der Waals surface area contributed by atoms with Crippen molar-refractivity contribution in [3.8, 4) is 5.75 Å². The van der Waals surface area contributed by atoms with Gasteiger partial charge >= 0.3 is 0 Å². The van der Waals surface area contributed by atoms with E-state index in [1.807, 2.05) is 20.8 Å². The second-order valence-electron chi connectivity index (χ2n) is 9.05. The van der Waals surface area contributed by atoms with Crippen LogP contribution < -0.4 is 4.74 Å². The smallest absolute Gasteiger partial charge is 0.258 e. The summed E-state index contributed by atoms with van der Waals surface area (Å²) in [7, 11) is -3.45. The van der Waals surface area contributed by atoms with Crippen LogP contribution >= 0.6 is 0 Å². The topological polar surface area (TPSA) is 72.9 Å². The zero-order valence-corrected chi connectivity index (χ0v) is 19.9. The highest BCUT2D eigenvalue weighted by atomic mass is 32.2. The Bertz CT molecular complexity index is 1120. The van der Waals surface area contributed by atoms with E-state index in [4.69, 9.17) is 9.47 Å². The van der Waals surface area contributed by atoms with Gasteiger partial charge in [0.15, 0.2) is 9.84 Å².